The number of amides is 1. The molecule has 0 radical (unpaired) electrons. The number of hydrogen-bond acceptors (Lipinski definition) is 2. The van der Waals surface area contributed by atoms with Gasteiger partial charge in [0.25, 0.3) is 0 Å². The van der Waals surface area contributed by atoms with E-state index in [1.54, 1.807) is 12.1 Å². The van der Waals surface area contributed by atoms with Gasteiger partial charge in [0.05, 0.1) is 6.10 Å². The zero-order valence-corrected chi connectivity index (χ0v) is 11.4. The molecule has 2 rings (SSSR count). The molecule has 2 unspecified atom stereocenters. The summed E-state index contributed by atoms with van der Waals surface area (Å²) in [5, 5.41) is 13.1. The highest BCUT2D eigenvalue weighted by Crippen LogP contribution is 2.24. The summed E-state index contributed by atoms with van der Waals surface area (Å²) in [7, 11) is 0. The Kier molecular flexibility index (Phi) is 5.00. The first kappa shape index (κ1) is 14.1. The van der Waals surface area contributed by atoms with Crippen LogP contribution in [0.25, 0.3) is 6.08 Å². The Balaban J connectivity index is 1.83. The Bertz CT molecular complexity index is 473. The van der Waals surface area contributed by atoms with E-state index in [0.29, 0.717) is 11.6 Å². The van der Waals surface area contributed by atoms with Crippen LogP contribution in [-0.4, -0.2) is 23.7 Å². The van der Waals surface area contributed by atoms with Crippen LogP contribution >= 0.6 is 11.6 Å². The Labute approximate surface area is 118 Å². The fourth-order valence-electron chi connectivity index (χ4n) is 2.32. The SMILES string of the molecule is O=C(C=Cc1ccccc1Cl)NCC1CCCC1O. The molecule has 2 atom stereocenters. The van der Waals surface area contributed by atoms with E-state index >= 15 is 0 Å². The Morgan fingerprint density at radius 2 is 2.21 bits per heavy atom. The number of benzene rings is 1. The van der Waals surface area contributed by atoms with Crippen LogP contribution in [0, 0.1) is 5.92 Å². The van der Waals surface area contributed by atoms with E-state index in [1.165, 1.54) is 6.08 Å². The zero-order chi connectivity index (χ0) is 13.7. The normalized spacial score (nSPS) is 22.8. The molecule has 0 aliphatic heterocycles. The molecule has 0 saturated heterocycles. The second-order valence-corrected chi connectivity index (χ2v) is 5.27. The molecular formula is C15H18ClNO2. The third-order valence-corrected chi connectivity index (χ3v) is 3.82. The molecule has 0 heterocycles. The van der Waals surface area contributed by atoms with Gasteiger partial charge in [-0.3, -0.25) is 4.79 Å². The molecule has 3 nitrogen and oxygen atoms in total. The average Bonchev–Trinajstić information content (AvgIpc) is 2.81. The molecule has 1 aromatic rings. The lowest BCUT2D eigenvalue weighted by Crippen LogP contribution is -2.31. The molecule has 0 spiro atoms. The summed E-state index contributed by atoms with van der Waals surface area (Å²) in [6.07, 6.45) is 5.77. The minimum Gasteiger partial charge on any atom is -0.393 e. The van der Waals surface area contributed by atoms with Gasteiger partial charge in [0.1, 0.15) is 0 Å². The van der Waals surface area contributed by atoms with Crippen molar-refractivity contribution in [3.63, 3.8) is 0 Å². The number of nitrogens with one attached hydrogen (secondary N) is 1. The lowest BCUT2D eigenvalue weighted by molar-refractivity contribution is -0.116. The van der Waals surface area contributed by atoms with Gasteiger partial charge in [-0.2, -0.15) is 0 Å². The molecule has 0 bridgehead atoms. The predicted octanol–water partition coefficient (Wildman–Crippen LogP) is 2.63. The van der Waals surface area contributed by atoms with Gasteiger partial charge in [-0.1, -0.05) is 36.2 Å². The molecule has 1 saturated carbocycles. The molecule has 1 amide bonds. The fraction of sp³-hybridized carbons (Fsp3) is 0.400. The van der Waals surface area contributed by atoms with Crippen LogP contribution in [0.3, 0.4) is 0 Å². The van der Waals surface area contributed by atoms with Crippen LogP contribution < -0.4 is 5.32 Å². The Morgan fingerprint density at radius 3 is 2.89 bits per heavy atom. The lowest BCUT2D eigenvalue weighted by atomic mass is 10.1. The number of rotatable bonds is 4. The Morgan fingerprint density at radius 1 is 1.42 bits per heavy atom. The molecule has 1 aliphatic rings. The maximum atomic E-state index is 11.7. The minimum atomic E-state index is -0.271. The van der Waals surface area contributed by atoms with E-state index < -0.39 is 0 Å². The molecular weight excluding hydrogens is 262 g/mol. The first-order valence-corrected chi connectivity index (χ1v) is 6.93. The molecule has 1 fully saturated rings. The molecule has 4 heteroatoms. The summed E-state index contributed by atoms with van der Waals surface area (Å²) < 4.78 is 0. The topological polar surface area (TPSA) is 49.3 Å². The summed E-state index contributed by atoms with van der Waals surface area (Å²) in [5.74, 6) is 0.0386. The number of aliphatic hydroxyl groups excluding tert-OH is 1. The summed E-state index contributed by atoms with van der Waals surface area (Å²) in [5.41, 5.74) is 0.820. The molecule has 1 aromatic carbocycles. The monoisotopic (exact) mass is 279 g/mol. The number of carbonyl (C=O) groups is 1. The van der Waals surface area contributed by atoms with Crippen molar-refractivity contribution in [3.05, 3.63) is 40.9 Å². The molecule has 102 valence electrons. The van der Waals surface area contributed by atoms with E-state index in [9.17, 15) is 9.90 Å². The highest BCUT2D eigenvalue weighted by molar-refractivity contribution is 6.32. The minimum absolute atomic E-state index is 0.154. The van der Waals surface area contributed by atoms with Crippen molar-refractivity contribution in [1.82, 2.24) is 5.32 Å². The number of hydrogen-bond donors (Lipinski definition) is 2. The van der Waals surface area contributed by atoms with Crippen LogP contribution in [0.2, 0.25) is 5.02 Å². The molecule has 19 heavy (non-hydrogen) atoms. The van der Waals surface area contributed by atoms with E-state index in [1.807, 2.05) is 18.2 Å². The van der Waals surface area contributed by atoms with Crippen LogP contribution in [-0.2, 0) is 4.79 Å². The van der Waals surface area contributed by atoms with Gasteiger partial charge < -0.3 is 10.4 Å². The third-order valence-electron chi connectivity index (χ3n) is 3.48. The van der Waals surface area contributed by atoms with Crippen LogP contribution in [0.1, 0.15) is 24.8 Å². The average molecular weight is 280 g/mol. The van der Waals surface area contributed by atoms with Gasteiger partial charge in [0.2, 0.25) is 5.91 Å². The van der Waals surface area contributed by atoms with E-state index in [4.69, 9.17) is 11.6 Å². The number of carbonyl (C=O) groups excluding carboxylic acids is 1. The van der Waals surface area contributed by atoms with Crippen molar-refractivity contribution >= 4 is 23.6 Å². The summed E-state index contributed by atoms with van der Waals surface area (Å²) in [6.45, 7) is 0.535. The van der Waals surface area contributed by atoms with Crippen LogP contribution in [0.4, 0.5) is 0 Å². The first-order chi connectivity index (χ1) is 9.16. The highest BCUT2D eigenvalue weighted by atomic mass is 35.5. The molecule has 1 aliphatic carbocycles. The fourth-order valence-corrected chi connectivity index (χ4v) is 2.52. The van der Waals surface area contributed by atoms with Gasteiger partial charge in [-0.05, 0) is 30.5 Å². The largest absolute Gasteiger partial charge is 0.393 e. The summed E-state index contributed by atoms with van der Waals surface area (Å²) in [4.78, 5) is 11.7. The second kappa shape index (κ2) is 6.73. The van der Waals surface area contributed by atoms with Gasteiger partial charge >= 0.3 is 0 Å². The third kappa shape index (κ3) is 4.08. The van der Waals surface area contributed by atoms with E-state index in [0.717, 1.165) is 24.8 Å². The van der Waals surface area contributed by atoms with Gasteiger partial charge in [0.15, 0.2) is 0 Å². The highest BCUT2D eigenvalue weighted by Gasteiger charge is 2.24. The first-order valence-electron chi connectivity index (χ1n) is 6.55. The van der Waals surface area contributed by atoms with Crippen LogP contribution in [0.5, 0.6) is 0 Å². The second-order valence-electron chi connectivity index (χ2n) is 4.86. The summed E-state index contributed by atoms with van der Waals surface area (Å²) >= 11 is 5.99. The maximum Gasteiger partial charge on any atom is 0.244 e. The maximum absolute atomic E-state index is 11.7. The predicted molar refractivity (Wildman–Crippen MR) is 76.8 cm³/mol. The summed E-state index contributed by atoms with van der Waals surface area (Å²) in [6, 6.07) is 7.36. The number of aliphatic hydroxyl groups is 1. The van der Waals surface area contributed by atoms with Crippen molar-refractivity contribution in [2.45, 2.75) is 25.4 Å². The van der Waals surface area contributed by atoms with Gasteiger partial charge in [0, 0.05) is 23.6 Å². The van der Waals surface area contributed by atoms with Crippen molar-refractivity contribution in [2.24, 2.45) is 5.92 Å². The lowest BCUT2D eigenvalue weighted by Gasteiger charge is -2.13. The van der Waals surface area contributed by atoms with E-state index in [2.05, 4.69) is 5.32 Å². The zero-order valence-electron chi connectivity index (χ0n) is 10.7. The number of halogens is 1. The molecule has 2 N–H and O–H groups in total. The van der Waals surface area contributed by atoms with Crippen molar-refractivity contribution in [1.29, 1.82) is 0 Å². The molecule has 0 aromatic heterocycles. The van der Waals surface area contributed by atoms with Crippen molar-refractivity contribution in [2.75, 3.05) is 6.54 Å². The van der Waals surface area contributed by atoms with Gasteiger partial charge in [-0.25, -0.2) is 0 Å². The van der Waals surface area contributed by atoms with E-state index in [-0.39, 0.29) is 17.9 Å². The van der Waals surface area contributed by atoms with Gasteiger partial charge in [-0.15, -0.1) is 0 Å². The van der Waals surface area contributed by atoms with Crippen molar-refractivity contribution < 1.29 is 9.90 Å². The van der Waals surface area contributed by atoms with Crippen molar-refractivity contribution in [3.8, 4) is 0 Å². The Hall–Kier alpha value is -1.32. The van der Waals surface area contributed by atoms with Crippen LogP contribution in [0.15, 0.2) is 30.3 Å². The smallest absolute Gasteiger partial charge is 0.244 e. The standard InChI is InChI=1S/C15H18ClNO2/c16-13-6-2-1-4-11(13)8-9-15(19)17-10-12-5-3-7-14(12)18/h1-2,4,6,8-9,12,14,18H,3,5,7,10H2,(H,17,19). The quantitative estimate of drug-likeness (QED) is 0.833.